The third-order valence-electron chi connectivity index (χ3n) is 18.7. The number of hydrogen-bond acceptors (Lipinski definition) is 24. The summed E-state index contributed by atoms with van der Waals surface area (Å²) >= 11 is 0. The van der Waals surface area contributed by atoms with Crippen molar-refractivity contribution in [3.63, 3.8) is 0 Å². The van der Waals surface area contributed by atoms with Gasteiger partial charge in [-0.1, -0.05) is 110 Å². The Morgan fingerprint density at radius 1 is 0.392 bits per heavy atom. The number of esters is 4. The summed E-state index contributed by atoms with van der Waals surface area (Å²) in [5, 5.41) is 0. The van der Waals surface area contributed by atoms with Crippen LogP contribution >= 0.6 is 0 Å². The molecule has 4 saturated heterocycles. The van der Waals surface area contributed by atoms with Gasteiger partial charge >= 0.3 is 23.9 Å². The number of benzene rings is 4. The SMILES string of the molecule is [2H]C([2H])([2H])Oc1cc2c(cc1OC)C1([2H])CC([2H])(OC(=O)[C@@]([2H])(N)C([2H])(C([2H])([2H])[2H])C([2H])([2H])[2H])C(C([2H])([2H])C([2H])(C)C([2H])([2H])[2H])CN1C([2H])([2H])C2([2H])[2H].[2H]C([2H])([2H])Oc1cc2c(cc1OC)C1([2H])CC([2H])(OC(=O)[C@@]([2H])(N)C([2H])(C([2H])([2H])[2H])C([2H])([2H])[2H])C(C([2H])([2H])C([2H])(C)C([2H])([2H])[2H])CN1C([2H])([2H])C2([2H])[2H].[2H]C1(OC(=O)[C@@]([2H])(N)C([2H])(C([2H])([2H])[2H])C([2H])([2H])[2H])CC2([2H])c3cc(OC)c(OC)cc3C([2H])([2H])C([2H])([2H])N2CC1C([2H])([2H])C([2H])(C)C([2H])([2H])[2H].[2H]c1c(OC)c(OC)c([2H])c2c1C1CC(OC(=O)[C@@]([2H])(N)C([2H])(C([2H])([2H])[2H])C([2H])([2H])[2H])C(C([2H])([2H])C([2H])(C)C([2H])([2H])[2H])CN1C([2H])([2H])C2([2H])[2H]. The number of nitrogens with zero attached hydrogens (tertiary/aromatic N) is 4. The van der Waals surface area contributed by atoms with Gasteiger partial charge in [0.2, 0.25) is 0 Å². The molecule has 672 valence electrons. The highest BCUT2D eigenvalue weighted by Crippen LogP contribution is 2.50. The Bertz CT molecular complexity index is 7740. The van der Waals surface area contributed by atoms with E-state index in [9.17, 15) is 27.4 Å². The first-order chi connectivity index (χ1) is 90.1. The summed E-state index contributed by atoms with van der Waals surface area (Å²) in [6.45, 7) is -62.1. The predicted molar refractivity (Wildman–Crippen MR) is 471 cm³/mol. The van der Waals surface area contributed by atoms with Crippen LogP contribution in [0.4, 0.5) is 0 Å². The molecule has 120 heavy (non-hydrogen) atoms. The van der Waals surface area contributed by atoms with Gasteiger partial charge in [0.15, 0.2) is 46.0 Å². The zero-order valence-electron chi connectivity index (χ0n) is 152. The maximum Gasteiger partial charge on any atom is 0.323 e. The van der Waals surface area contributed by atoms with Crippen molar-refractivity contribution < 1.29 is 194 Å². The van der Waals surface area contributed by atoms with Gasteiger partial charge in [-0.05, 0) is 191 Å². The second kappa shape index (κ2) is 43.9. The van der Waals surface area contributed by atoms with Crippen LogP contribution in [-0.2, 0) is 63.6 Å². The van der Waals surface area contributed by atoms with Gasteiger partial charge in [0.25, 0.3) is 0 Å². The van der Waals surface area contributed by atoms with Crippen LogP contribution in [0.2, 0.25) is 0 Å². The molecule has 24 heteroatoms. The first kappa shape index (κ1) is 33.0. The van der Waals surface area contributed by atoms with E-state index in [1.165, 1.54) is 14.2 Å². The minimum atomic E-state index is -4.20. The van der Waals surface area contributed by atoms with Gasteiger partial charge in [0, 0.05) is 219 Å². The molecule has 0 aliphatic carbocycles. The second-order valence-corrected chi connectivity index (χ2v) is 26.7. The lowest BCUT2D eigenvalue weighted by atomic mass is 9.79. The molecular formula is C96H152N8O16. The Kier molecular flexibility index (Phi) is 12.1. The van der Waals surface area contributed by atoms with Crippen LogP contribution in [0.5, 0.6) is 46.0 Å². The number of carbonyl (C=O) groups is 4. The lowest BCUT2D eigenvalue weighted by molar-refractivity contribution is -0.161. The van der Waals surface area contributed by atoms with E-state index in [0.717, 1.165) is 57.6 Å². The molecule has 24 nitrogen and oxygen atoms in total. The number of aryl methyl sites for hydroxylation is 3. The molecule has 8 aliphatic heterocycles. The number of fused-ring (bicyclic) bond motifs is 12. The van der Waals surface area contributed by atoms with Crippen LogP contribution < -0.4 is 60.8 Å². The minimum absolute atomic E-state index is 0.109. The molecule has 4 aromatic carbocycles. The normalized spacial score (nSPS) is 47.8. The molecule has 0 spiro atoms. The lowest BCUT2D eigenvalue weighted by Gasteiger charge is -2.47. The quantitative estimate of drug-likeness (QED) is 0.0303. The van der Waals surface area contributed by atoms with E-state index in [4.69, 9.17) is 189 Å². The highest BCUT2D eigenvalue weighted by atomic mass is 16.6. The highest BCUT2D eigenvalue weighted by molar-refractivity contribution is 5.77. The molecule has 16 unspecified atom stereocenters. The molecule has 8 aliphatic rings. The summed E-state index contributed by atoms with van der Waals surface area (Å²) in [5.41, 5.74) is 17.9. The number of piperidine rings is 4. The van der Waals surface area contributed by atoms with Crippen molar-refractivity contribution in [3.05, 3.63) is 93.0 Å². The molecule has 0 amide bonds. The third kappa shape index (κ3) is 23.8. The van der Waals surface area contributed by atoms with Crippen molar-refractivity contribution in [3.8, 4) is 46.0 Å². The van der Waals surface area contributed by atoms with E-state index in [1.54, 1.807) is 0 Å². The van der Waals surface area contributed by atoms with Gasteiger partial charge in [-0.15, -0.1) is 0 Å². The van der Waals surface area contributed by atoms with E-state index in [1.807, 2.05) is 0 Å². The molecule has 4 fully saturated rings. The van der Waals surface area contributed by atoms with Crippen molar-refractivity contribution in [2.24, 2.45) is 93.8 Å². The first-order valence-corrected chi connectivity index (χ1v) is 35.6. The average Bonchev–Trinajstić information content (AvgIpc) is 0.671. The van der Waals surface area contributed by atoms with Gasteiger partial charge in [-0.2, -0.15) is 0 Å². The zero-order chi connectivity index (χ0) is 163. The number of carbonyl (C=O) groups excluding carboxylic acids is 4. The van der Waals surface area contributed by atoms with Crippen molar-refractivity contribution in [2.75, 3.05) is 109 Å². The topological polar surface area (TPSA) is 296 Å². The molecular weight excluding hydrogens is 1520 g/mol. The van der Waals surface area contributed by atoms with Gasteiger partial charge in [0.05, 0.1) is 81.4 Å². The Morgan fingerprint density at radius 2 is 0.683 bits per heavy atom. The standard InChI is InChI=1S/4C24H38N2O4/c4*1-14(2)9-17-13-26-8-7-16-10-21(28-5)22(29-6)11-18(16)19(26)12-20(17)30-24(27)23(25)15(3)4/h4*10-11,14-15,17,19-20,23H,7-9,12-13,25H2,1-6H3/t4*17?,19?,20?,23-/m0000/s1/i2*1D3,3D3,4D3,5D3,7D2,8D2,9D2,14D,15D,19D,20D,23D;1D3,3D3,4D3,7D2,8D2,9D2,14D,15D,19D,20D,23D;1D3,3D3,4D3,7D2,8D2,9D2,10D,11D,14D,15D,23D/t4*14?,17?,19?,20?,23-. The van der Waals surface area contributed by atoms with Crippen molar-refractivity contribution >= 4 is 23.9 Å². The van der Waals surface area contributed by atoms with Crippen molar-refractivity contribution in [2.45, 2.75) is 259 Å². The predicted octanol–water partition coefficient (Wildman–Crippen LogP) is 14.3. The largest absolute Gasteiger partial charge is 0.493 e. The zero-order valence-corrected chi connectivity index (χ0v) is 66.2. The van der Waals surface area contributed by atoms with Crippen molar-refractivity contribution in [1.29, 1.82) is 0 Å². The summed E-state index contributed by atoms with van der Waals surface area (Å²) in [7, 11) is 0.286. The summed E-state index contributed by atoms with van der Waals surface area (Å²) < 4.78 is 774. The van der Waals surface area contributed by atoms with E-state index < -0.39 is 478 Å². The smallest absolute Gasteiger partial charge is 0.323 e. The van der Waals surface area contributed by atoms with Crippen LogP contribution in [-0.4, -0.2) is 201 Å². The molecule has 20 atom stereocenters. The molecule has 4 aromatic rings. The molecule has 12 rings (SSSR count). The third-order valence-corrected chi connectivity index (χ3v) is 18.7. The van der Waals surface area contributed by atoms with Crippen LogP contribution in [0.15, 0.2) is 48.5 Å². The maximum absolute atomic E-state index is 13.8. The van der Waals surface area contributed by atoms with Gasteiger partial charge < -0.3 is 79.8 Å². The number of nitrogens with two attached hydrogens (primary N) is 4. The van der Waals surface area contributed by atoms with Crippen LogP contribution in [0, 0.1) is 70.8 Å². The number of methoxy groups -OCH3 is 8. The molecule has 8 N–H and O–H groups in total. The molecule has 0 saturated carbocycles. The fraction of sp³-hybridized carbons (Fsp3) is 0.708. The first-order valence-electron chi connectivity index (χ1n) is 78.6. The summed E-state index contributed by atoms with van der Waals surface area (Å²) in [6, 6.07) is -22.6. The van der Waals surface area contributed by atoms with Gasteiger partial charge in [-0.25, -0.2) is 0 Å². The number of hydrogen-bond donors (Lipinski definition) is 4. The Morgan fingerprint density at radius 3 is 1.01 bits per heavy atom. The van der Waals surface area contributed by atoms with Crippen LogP contribution in [0.1, 0.15) is 348 Å². The monoisotopic (exact) mass is 1760 g/mol. The van der Waals surface area contributed by atoms with E-state index in [0.29, 0.717) is 54.5 Å². The van der Waals surface area contributed by atoms with Crippen LogP contribution in [0.3, 0.4) is 0 Å². The Balaban J connectivity index is 0.000000297. The van der Waals surface area contributed by atoms with Crippen LogP contribution in [0.25, 0.3) is 0 Å². The number of rotatable bonds is 28. The number of ether oxygens (including phenoxy) is 12. The average molecular weight is 1760 g/mol. The van der Waals surface area contributed by atoms with E-state index in [2.05, 4.69) is 0 Å². The fourth-order valence-corrected chi connectivity index (χ4v) is 13.1. The van der Waals surface area contributed by atoms with Gasteiger partial charge in [0.1, 0.15) is 48.4 Å². The van der Waals surface area contributed by atoms with E-state index in [-0.39, 0.29) is 17.2 Å². The highest BCUT2D eigenvalue weighted by Gasteiger charge is 2.47. The van der Waals surface area contributed by atoms with Gasteiger partial charge in [-0.3, -0.25) is 38.8 Å². The van der Waals surface area contributed by atoms with E-state index >= 15 is 0 Å². The summed E-state index contributed by atoms with van der Waals surface area (Å²) in [6.07, 6.45) is -44.7. The Hall–Kier alpha value is -7.16. The fourth-order valence-electron chi connectivity index (χ4n) is 13.1. The minimum Gasteiger partial charge on any atom is -0.493 e. The Labute approximate surface area is 839 Å². The summed E-state index contributed by atoms with van der Waals surface area (Å²) in [5.74, 6) is -52.0. The molecule has 0 aromatic heterocycles. The van der Waals surface area contributed by atoms with Crippen molar-refractivity contribution in [1.82, 2.24) is 19.6 Å². The molecule has 0 radical (unpaired) electrons. The second-order valence-electron chi connectivity index (χ2n) is 26.7. The lowest BCUT2D eigenvalue weighted by Crippen LogP contribution is -2.51. The molecule has 0 bridgehead atoms. The maximum atomic E-state index is 13.8. The molecule has 8 heterocycles. The summed E-state index contributed by atoms with van der Waals surface area (Å²) in [4.78, 5) is 56.8.